The second-order valence-electron chi connectivity index (χ2n) is 7.09. The predicted octanol–water partition coefficient (Wildman–Crippen LogP) is 5.14. The first-order chi connectivity index (χ1) is 15.9. The lowest BCUT2D eigenvalue weighted by atomic mass is 9.82. The Morgan fingerprint density at radius 2 is 1.94 bits per heavy atom. The highest BCUT2D eigenvalue weighted by Gasteiger charge is 2.35. The molecule has 2 N–H and O–H groups in total. The molecule has 0 aromatic heterocycles. The Bertz CT molecular complexity index is 1150. The molecule has 0 aliphatic carbocycles. The standard InChI is InChI=1S/C25H22ClN3O3S/c1-3-13-32-25(31)22-16(2)28-24(33-15-21(30)29-19-7-5-4-6-8-19)20(14-27)23(22)17-9-11-18(26)12-10-17/h3-12,23,28H,1,13,15H2,2H3,(H,29,30)/t23-/m0/s1. The molecule has 1 aliphatic heterocycles. The van der Waals surface area contributed by atoms with E-state index in [0.29, 0.717) is 38.1 Å². The van der Waals surface area contributed by atoms with Gasteiger partial charge in [0.25, 0.3) is 0 Å². The summed E-state index contributed by atoms with van der Waals surface area (Å²) in [4.78, 5) is 25.3. The fraction of sp³-hybridized carbons (Fsp3) is 0.160. The Balaban J connectivity index is 1.90. The molecule has 0 saturated carbocycles. The lowest BCUT2D eigenvalue weighted by Crippen LogP contribution is -2.29. The largest absolute Gasteiger partial charge is 0.458 e. The molecule has 1 atom stereocenters. The number of esters is 1. The Morgan fingerprint density at radius 3 is 2.58 bits per heavy atom. The van der Waals surface area contributed by atoms with E-state index in [1.165, 1.54) is 17.8 Å². The third-order valence-corrected chi connectivity index (χ3v) is 6.08. The number of hydrogen-bond donors (Lipinski definition) is 2. The van der Waals surface area contributed by atoms with Crippen LogP contribution in [0.1, 0.15) is 18.4 Å². The van der Waals surface area contributed by atoms with E-state index in [1.54, 1.807) is 43.3 Å². The van der Waals surface area contributed by atoms with Gasteiger partial charge in [0, 0.05) is 16.4 Å². The third-order valence-electron chi connectivity index (χ3n) is 4.81. The van der Waals surface area contributed by atoms with Gasteiger partial charge in [-0.3, -0.25) is 4.79 Å². The highest BCUT2D eigenvalue weighted by molar-refractivity contribution is 8.03. The molecule has 0 saturated heterocycles. The molecule has 0 bridgehead atoms. The molecule has 0 radical (unpaired) electrons. The number of allylic oxidation sites excluding steroid dienone is 2. The summed E-state index contributed by atoms with van der Waals surface area (Å²) in [6, 6.07) is 18.3. The smallest absolute Gasteiger partial charge is 0.337 e. The van der Waals surface area contributed by atoms with Crippen molar-refractivity contribution >= 4 is 40.9 Å². The van der Waals surface area contributed by atoms with Crippen molar-refractivity contribution < 1.29 is 14.3 Å². The van der Waals surface area contributed by atoms with Gasteiger partial charge in [-0.25, -0.2) is 4.79 Å². The molecule has 33 heavy (non-hydrogen) atoms. The van der Waals surface area contributed by atoms with Gasteiger partial charge in [-0.15, -0.1) is 0 Å². The number of benzene rings is 2. The molecule has 8 heteroatoms. The number of anilines is 1. The number of carbonyl (C=O) groups is 2. The van der Waals surface area contributed by atoms with Gasteiger partial charge in [0.2, 0.25) is 5.91 Å². The van der Waals surface area contributed by atoms with Gasteiger partial charge in [-0.2, -0.15) is 5.26 Å². The van der Waals surface area contributed by atoms with Crippen molar-refractivity contribution in [3.8, 4) is 6.07 Å². The van der Waals surface area contributed by atoms with Crippen molar-refractivity contribution in [1.29, 1.82) is 5.26 Å². The SMILES string of the molecule is C=CCOC(=O)C1=C(C)NC(SCC(=O)Nc2ccccc2)=C(C#N)[C@@H]1c1ccc(Cl)cc1. The number of halogens is 1. The first-order valence-corrected chi connectivity index (χ1v) is 11.4. The van der Waals surface area contributed by atoms with Crippen LogP contribution in [0.15, 0.2) is 89.1 Å². The fourth-order valence-electron chi connectivity index (χ4n) is 3.35. The lowest BCUT2D eigenvalue weighted by molar-refractivity contribution is -0.138. The minimum atomic E-state index is -0.662. The van der Waals surface area contributed by atoms with Crippen LogP contribution in [-0.4, -0.2) is 24.2 Å². The molecule has 0 fully saturated rings. The van der Waals surface area contributed by atoms with E-state index in [2.05, 4.69) is 23.3 Å². The van der Waals surface area contributed by atoms with E-state index >= 15 is 0 Å². The zero-order valence-corrected chi connectivity index (χ0v) is 19.5. The van der Waals surface area contributed by atoms with E-state index in [1.807, 2.05) is 18.2 Å². The quantitative estimate of drug-likeness (QED) is 0.402. The molecule has 1 aliphatic rings. The highest BCUT2D eigenvalue weighted by Crippen LogP contribution is 2.41. The molecule has 3 rings (SSSR count). The van der Waals surface area contributed by atoms with E-state index < -0.39 is 11.9 Å². The van der Waals surface area contributed by atoms with Crippen molar-refractivity contribution in [1.82, 2.24) is 5.32 Å². The molecule has 168 valence electrons. The van der Waals surface area contributed by atoms with Crippen LogP contribution >= 0.6 is 23.4 Å². The number of dihydropyridines is 1. The summed E-state index contributed by atoms with van der Waals surface area (Å²) in [6.07, 6.45) is 1.48. The van der Waals surface area contributed by atoms with Crippen molar-refractivity contribution in [3.63, 3.8) is 0 Å². The second kappa shape index (κ2) is 11.4. The van der Waals surface area contributed by atoms with Crippen molar-refractivity contribution in [2.75, 3.05) is 17.7 Å². The highest BCUT2D eigenvalue weighted by atomic mass is 35.5. The number of carbonyl (C=O) groups excluding carboxylic acids is 2. The van der Waals surface area contributed by atoms with E-state index in [-0.39, 0.29) is 18.3 Å². The third kappa shape index (κ3) is 6.07. The lowest BCUT2D eigenvalue weighted by Gasteiger charge is -2.29. The number of nitrogens with one attached hydrogen (secondary N) is 2. The Kier molecular flexibility index (Phi) is 8.36. The van der Waals surface area contributed by atoms with Gasteiger partial charge in [0.1, 0.15) is 6.61 Å². The molecule has 1 heterocycles. The molecule has 1 amide bonds. The van der Waals surface area contributed by atoms with Gasteiger partial charge >= 0.3 is 5.97 Å². The molecular weight excluding hydrogens is 458 g/mol. The first-order valence-electron chi connectivity index (χ1n) is 10.1. The average Bonchev–Trinajstić information content (AvgIpc) is 2.82. The summed E-state index contributed by atoms with van der Waals surface area (Å²) in [5, 5.41) is 17.0. The van der Waals surface area contributed by atoms with E-state index in [0.717, 1.165) is 0 Å². The number of amides is 1. The van der Waals surface area contributed by atoms with Crippen LogP contribution in [-0.2, 0) is 14.3 Å². The summed E-state index contributed by atoms with van der Waals surface area (Å²) >= 11 is 7.24. The molecule has 2 aromatic rings. The van der Waals surface area contributed by atoms with Crippen molar-refractivity contribution in [2.24, 2.45) is 0 Å². The maximum absolute atomic E-state index is 12.9. The number of nitriles is 1. The fourth-order valence-corrected chi connectivity index (χ4v) is 4.37. The van der Waals surface area contributed by atoms with Crippen molar-refractivity contribution in [2.45, 2.75) is 12.8 Å². The first kappa shape index (κ1) is 24.2. The van der Waals surface area contributed by atoms with Gasteiger partial charge in [-0.1, -0.05) is 66.3 Å². The summed E-state index contributed by atoms with van der Waals surface area (Å²) < 4.78 is 5.29. The number of para-hydroxylation sites is 1. The summed E-state index contributed by atoms with van der Waals surface area (Å²) in [7, 11) is 0. The molecular formula is C25H22ClN3O3S. The predicted molar refractivity (Wildman–Crippen MR) is 131 cm³/mol. The average molecular weight is 480 g/mol. The summed E-state index contributed by atoms with van der Waals surface area (Å²) in [6.45, 7) is 5.36. The monoisotopic (exact) mass is 479 g/mol. The van der Waals surface area contributed by atoms with Crippen LogP contribution in [0.5, 0.6) is 0 Å². The number of nitrogens with zero attached hydrogens (tertiary/aromatic N) is 1. The van der Waals surface area contributed by atoms with Crippen LogP contribution in [0.2, 0.25) is 5.02 Å². The molecule has 2 aromatic carbocycles. The minimum Gasteiger partial charge on any atom is -0.458 e. The van der Waals surface area contributed by atoms with Gasteiger partial charge in [-0.05, 0) is 36.8 Å². The van der Waals surface area contributed by atoms with Crippen LogP contribution in [0, 0.1) is 11.3 Å². The molecule has 0 spiro atoms. The Morgan fingerprint density at radius 1 is 1.24 bits per heavy atom. The topological polar surface area (TPSA) is 91.2 Å². The zero-order valence-electron chi connectivity index (χ0n) is 17.9. The number of thioether (sulfide) groups is 1. The van der Waals surface area contributed by atoms with E-state index in [4.69, 9.17) is 16.3 Å². The minimum absolute atomic E-state index is 0.0514. The van der Waals surface area contributed by atoms with Gasteiger partial charge in [0.15, 0.2) is 0 Å². The second-order valence-corrected chi connectivity index (χ2v) is 8.51. The van der Waals surface area contributed by atoms with Crippen molar-refractivity contribution in [3.05, 3.63) is 99.7 Å². The van der Waals surface area contributed by atoms with E-state index in [9.17, 15) is 14.9 Å². The Hall–Kier alpha value is -3.47. The molecule has 6 nitrogen and oxygen atoms in total. The normalized spacial score (nSPS) is 15.4. The number of hydrogen-bond acceptors (Lipinski definition) is 6. The maximum Gasteiger partial charge on any atom is 0.337 e. The van der Waals surface area contributed by atoms with Crippen LogP contribution in [0.4, 0.5) is 5.69 Å². The molecule has 0 unspecified atom stereocenters. The number of rotatable bonds is 8. The van der Waals surface area contributed by atoms with Crippen LogP contribution < -0.4 is 10.6 Å². The maximum atomic E-state index is 12.9. The number of ether oxygens (including phenoxy) is 1. The summed E-state index contributed by atoms with van der Waals surface area (Å²) in [5.74, 6) is -1.33. The summed E-state index contributed by atoms with van der Waals surface area (Å²) in [5.41, 5.74) is 2.61. The van der Waals surface area contributed by atoms with Gasteiger partial charge in [0.05, 0.1) is 33.9 Å². The van der Waals surface area contributed by atoms with Crippen LogP contribution in [0.3, 0.4) is 0 Å². The Labute approximate surface area is 202 Å². The van der Waals surface area contributed by atoms with Crippen LogP contribution in [0.25, 0.3) is 0 Å². The zero-order chi connectivity index (χ0) is 23.8. The van der Waals surface area contributed by atoms with Gasteiger partial charge < -0.3 is 15.4 Å².